The van der Waals surface area contributed by atoms with Crippen LogP contribution in [0.25, 0.3) is 0 Å². The number of anilines is 1. The SMILES string of the molecule is CN(C)c1cccc(O)c1N=O. The lowest BCUT2D eigenvalue weighted by Crippen LogP contribution is -2.08. The Balaban J connectivity index is 3.27. The highest BCUT2D eigenvalue weighted by Crippen LogP contribution is 2.35. The van der Waals surface area contributed by atoms with Gasteiger partial charge in [0, 0.05) is 14.1 Å². The Kier molecular flexibility index (Phi) is 2.28. The zero-order chi connectivity index (χ0) is 9.14. The quantitative estimate of drug-likeness (QED) is 0.682. The van der Waals surface area contributed by atoms with Crippen molar-refractivity contribution in [2.75, 3.05) is 19.0 Å². The third-order valence-electron chi connectivity index (χ3n) is 1.57. The molecule has 0 radical (unpaired) electrons. The van der Waals surface area contributed by atoms with Crippen molar-refractivity contribution in [1.82, 2.24) is 0 Å². The van der Waals surface area contributed by atoms with Gasteiger partial charge in [0.15, 0.2) is 5.69 Å². The van der Waals surface area contributed by atoms with Crippen LogP contribution < -0.4 is 4.90 Å². The predicted octanol–water partition coefficient (Wildman–Crippen LogP) is 1.86. The maximum atomic E-state index is 10.3. The van der Waals surface area contributed by atoms with Gasteiger partial charge in [0.05, 0.1) is 5.69 Å². The van der Waals surface area contributed by atoms with E-state index in [4.69, 9.17) is 0 Å². The lowest BCUT2D eigenvalue weighted by molar-refractivity contribution is 0.477. The van der Waals surface area contributed by atoms with Crippen LogP contribution in [0, 0.1) is 4.91 Å². The molecule has 4 nitrogen and oxygen atoms in total. The van der Waals surface area contributed by atoms with Gasteiger partial charge in [0.25, 0.3) is 0 Å². The molecule has 1 aromatic carbocycles. The molecule has 0 bridgehead atoms. The van der Waals surface area contributed by atoms with Gasteiger partial charge in [0.2, 0.25) is 0 Å². The highest BCUT2D eigenvalue weighted by molar-refractivity contribution is 5.72. The van der Waals surface area contributed by atoms with Crippen LogP contribution in [0.4, 0.5) is 11.4 Å². The first-order chi connectivity index (χ1) is 5.66. The van der Waals surface area contributed by atoms with Crippen LogP contribution in [0.3, 0.4) is 0 Å². The molecule has 1 aromatic rings. The van der Waals surface area contributed by atoms with E-state index in [0.29, 0.717) is 5.69 Å². The molecule has 1 rings (SSSR count). The van der Waals surface area contributed by atoms with Gasteiger partial charge >= 0.3 is 0 Å². The fourth-order valence-electron chi connectivity index (χ4n) is 0.974. The first-order valence-electron chi connectivity index (χ1n) is 3.49. The lowest BCUT2D eigenvalue weighted by Gasteiger charge is -2.13. The Hall–Kier alpha value is -1.58. The van der Waals surface area contributed by atoms with E-state index in [2.05, 4.69) is 5.18 Å². The summed E-state index contributed by atoms with van der Waals surface area (Å²) in [5.74, 6) is -0.0869. The van der Waals surface area contributed by atoms with E-state index in [-0.39, 0.29) is 11.4 Å². The smallest absolute Gasteiger partial charge is 0.172 e. The molecular formula is C8H10N2O2. The summed E-state index contributed by atoms with van der Waals surface area (Å²) in [4.78, 5) is 12.0. The number of aromatic hydroxyl groups is 1. The Bertz CT molecular complexity index is 297. The van der Waals surface area contributed by atoms with Gasteiger partial charge in [-0.25, -0.2) is 0 Å². The third kappa shape index (κ3) is 1.37. The molecule has 0 fully saturated rings. The predicted molar refractivity (Wildman–Crippen MR) is 47.9 cm³/mol. The summed E-state index contributed by atoms with van der Waals surface area (Å²) < 4.78 is 0. The zero-order valence-corrected chi connectivity index (χ0v) is 6.98. The van der Waals surface area contributed by atoms with Gasteiger partial charge < -0.3 is 10.0 Å². The fraction of sp³-hybridized carbons (Fsp3) is 0.250. The fourth-order valence-corrected chi connectivity index (χ4v) is 0.974. The van der Waals surface area contributed by atoms with Crippen molar-refractivity contribution < 1.29 is 5.11 Å². The highest BCUT2D eigenvalue weighted by Gasteiger charge is 2.08. The highest BCUT2D eigenvalue weighted by atomic mass is 16.3. The minimum absolute atomic E-state index is 0.0856. The van der Waals surface area contributed by atoms with Gasteiger partial charge in [-0.05, 0) is 17.3 Å². The summed E-state index contributed by atoms with van der Waals surface area (Å²) in [6.07, 6.45) is 0. The van der Waals surface area contributed by atoms with Gasteiger partial charge in [-0.15, -0.1) is 4.91 Å². The number of phenolic OH excluding ortho intramolecular Hbond substituents is 1. The number of hydrogen-bond acceptors (Lipinski definition) is 4. The van der Waals surface area contributed by atoms with E-state index >= 15 is 0 Å². The maximum absolute atomic E-state index is 10.3. The monoisotopic (exact) mass is 166 g/mol. The maximum Gasteiger partial charge on any atom is 0.172 e. The molecule has 0 aliphatic heterocycles. The minimum Gasteiger partial charge on any atom is -0.505 e. The molecule has 0 aliphatic rings. The van der Waals surface area contributed by atoms with Crippen molar-refractivity contribution in [2.24, 2.45) is 5.18 Å². The van der Waals surface area contributed by atoms with Gasteiger partial charge in [-0.1, -0.05) is 6.07 Å². The number of rotatable bonds is 2. The summed E-state index contributed by atoms with van der Waals surface area (Å²) in [5.41, 5.74) is 0.701. The first-order valence-corrected chi connectivity index (χ1v) is 3.49. The second kappa shape index (κ2) is 3.21. The number of nitrogens with zero attached hydrogens (tertiary/aromatic N) is 2. The van der Waals surface area contributed by atoms with Crippen molar-refractivity contribution in [3.63, 3.8) is 0 Å². The molecule has 0 saturated carbocycles. The van der Waals surface area contributed by atoms with Crippen molar-refractivity contribution in [2.45, 2.75) is 0 Å². The largest absolute Gasteiger partial charge is 0.505 e. The molecule has 0 heterocycles. The average molecular weight is 166 g/mol. The van der Waals surface area contributed by atoms with Gasteiger partial charge in [0.1, 0.15) is 5.75 Å². The van der Waals surface area contributed by atoms with Crippen molar-refractivity contribution in [3.8, 4) is 5.75 Å². The van der Waals surface area contributed by atoms with Gasteiger partial charge in [-0.2, -0.15) is 0 Å². The Morgan fingerprint density at radius 3 is 2.50 bits per heavy atom. The molecule has 0 aliphatic carbocycles. The molecule has 0 aromatic heterocycles. The molecular weight excluding hydrogens is 156 g/mol. The number of benzene rings is 1. The lowest BCUT2D eigenvalue weighted by atomic mass is 10.2. The van der Waals surface area contributed by atoms with E-state index in [9.17, 15) is 10.0 Å². The number of phenols is 1. The average Bonchev–Trinajstić information content (AvgIpc) is 2.03. The summed E-state index contributed by atoms with van der Waals surface area (Å²) in [6, 6.07) is 4.82. The van der Waals surface area contributed by atoms with E-state index in [1.54, 1.807) is 31.1 Å². The Morgan fingerprint density at radius 2 is 2.08 bits per heavy atom. The molecule has 0 amide bonds. The first kappa shape index (κ1) is 8.52. The topological polar surface area (TPSA) is 52.9 Å². The van der Waals surface area contributed by atoms with Crippen LogP contribution in [0.5, 0.6) is 5.75 Å². The summed E-state index contributed by atoms with van der Waals surface area (Å²) in [7, 11) is 3.56. The molecule has 0 atom stereocenters. The molecule has 0 saturated heterocycles. The normalized spacial score (nSPS) is 9.50. The second-order valence-electron chi connectivity index (χ2n) is 2.63. The van der Waals surface area contributed by atoms with E-state index in [1.165, 1.54) is 6.07 Å². The summed E-state index contributed by atoms with van der Waals surface area (Å²) >= 11 is 0. The summed E-state index contributed by atoms with van der Waals surface area (Å²) in [6.45, 7) is 0. The number of nitroso groups, excluding NO2 is 1. The molecule has 12 heavy (non-hydrogen) atoms. The number of hydrogen-bond donors (Lipinski definition) is 1. The third-order valence-corrected chi connectivity index (χ3v) is 1.57. The Morgan fingerprint density at radius 1 is 1.42 bits per heavy atom. The van der Waals surface area contributed by atoms with Crippen molar-refractivity contribution in [1.29, 1.82) is 0 Å². The van der Waals surface area contributed by atoms with E-state index < -0.39 is 0 Å². The zero-order valence-electron chi connectivity index (χ0n) is 6.98. The van der Waals surface area contributed by atoms with E-state index in [0.717, 1.165) is 0 Å². The van der Waals surface area contributed by atoms with Crippen LogP contribution in [0.2, 0.25) is 0 Å². The molecule has 64 valence electrons. The standard InChI is InChI=1S/C8H10N2O2/c1-10(2)6-4-3-5-7(11)8(6)9-12/h3-5,11H,1-2H3. The molecule has 0 spiro atoms. The minimum atomic E-state index is -0.0869. The van der Waals surface area contributed by atoms with Crippen LogP contribution >= 0.6 is 0 Å². The summed E-state index contributed by atoms with van der Waals surface area (Å²) in [5, 5.41) is 12.0. The second-order valence-corrected chi connectivity index (χ2v) is 2.63. The van der Waals surface area contributed by atoms with E-state index in [1.807, 2.05) is 0 Å². The molecule has 0 unspecified atom stereocenters. The molecule has 4 heteroatoms. The Labute approximate surface area is 70.4 Å². The van der Waals surface area contributed by atoms with Crippen LogP contribution in [0.15, 0.2) is 23.4 Å². The van der Waals surface area contributed by atoms with Crippen LogP contribution in [-0.4, -0.2) is 19.2 Å². The van der Waals surface area contributed by atoms with Crippen LogP contribution in [-0.2, 0) is 0 Å². The van der Waals surface area contributed by atoms with Crippen molar-refractivity contribution >= 4 is 11.4 Å². The molecule has 1 N–H and O–H groups in total. The van der Waals surface area contributed by atoms with Crippen LogP contribution in [0.1, 0.15) is 0 Å². The van der Waals surface area contributed by atoms with Crippen molar-refractivity contribution in [3.05, 3.63) is 23.1 Å². The van der Waals surface area contributed by atoms with Gasteiger partial charge in [-0.3, -0.25) is 0 Å².